The third-order valence-corrected chi connectivity index (χ3v) is 4.74. The van der Waals surface area contributed by atoms with Crippen molar-refractivity contribution in [1.29, 1.82) is 0 Å². The van der Waals surface area contributed by atoms with Gasteiger partial charge in [0.15, 0.2) is 11.5 Å². The molecule has 2 N–H and O–H groups in total. The highest BCUT2D eigenvalue weighted by molar-refractivity contribution is 5.94. The number of rotatable bonds is 6. The van der Waals surface area contributed by atoms with E-state index in [-0.39, 0.29) is 18.6 Å². The number of carbonyl (C=O) groups excluding carboxylic acids is 1. The van der Waals surface area contributed by atoms with E-state index in [1.54, 1.807) is 13.3 Å². The van der Waals surface area contributed by atoms with Crippen molar-refractivity contribution in [3.05, 3.63) is 54.2 Å². The van der Waals surface area contributed by atoms with Gasteiger partial charge in [-0.3, -0.25) is 9.89 Å². The molecular weight excluding hydrogens is 358 g/mol. The molecule has 1 unspecified atom stereocenters. The largest absolute Gasteiger partial charge is 0.497 e. The van der Waals surface area contributed by atoms with Crippen molar-refractivity contribution in [2.75, 3.05) is 19.2 Å². The molecule has 1 aromatic heterocycles. The molecular formula is C21H21N3O4. The maximum atomic E-state index is 12.6. The second-order valence-electron chi connectivity index (χ2n) is 6.66. The number of fused-ring (bicyclic) bond motifs is 1. The Kier molecular flexibility index (Phi) is 4.89. The van der Waals surface area contributed by atoms with Crippen LogP contribution in [0.15, 0.2) is 48.7 Å². The van der Waals surface area contributed by atoms with Crippen LogP contribution in [0.4, 0.5) is 5.82 Å². The van der Waals surface area contributed by atoms with Crippen molar-refractivity contribution in [3.8, 4) is 28.4 Å². The van der Waals surface area contributed by atoms with Crippen molar-refractivity contribution in [2.45, 2.75) is 19.3 Å². The van der Waals surface area contributed by atoms with Gasteiger partial charge in [0.1, 0.15) is 11.6 Å². The van der Waals surface area contributed by atoms with Crippen LogP contribution in [-0.4, -0.2) is 30.0 Å². The Bertz CT molecular complexity index is 999. The molecule has 0 radical (unpaired) electrons. The van der Waals surface area contributed by atoms with E-state index in [1.807, 2.05) is 49.4 Å². The van der Waals surface area contributed by atoms with E-state index in [4.69, 9.17) is 14.2 Å². The summed E-state index contributed by atoms with van der Waals surface area (Å²) in [6.45, 7) is 2.23. The zero-order chi connectivity index (χ0) is 19.5. The number of nitrogens with one attached hydrogen (secondary N) is 2. The summed E-state index contributed by atoms with van der Waals surface area (Å²) in [4.78, 5) is 12.6. The van der Waals surface area contributed by atoms with E-state index in [2.05, 4.69) is 15.5 Å². The van der Waals surface area contributed by atoms with Crippen LogP contribution in [0.3, 0.4) is 0 Å². The molecule has 28 heavy (non-hydrogen) atoms. The van der Waals surface area contributed by atoms with Crippen LogP contribution in [0.5, 0.6) is 17.2 Å². The second kappa shape index (κ2) is 7.64. The number of nitrogens with zero attached hydrogens (tertiary/aromatic N) is 1. The molecule has 4 rings (SSSR count). The van der Waals surface area contributed by atoms with E-state index < -0.39 is 0 Å². The van der Waals surface area contributed by atoms with Crippen molar-refractivity contribution >= 4 is 11.7 Å². The molecule has 0 spiro atoms. The van der Waals surface area contributed by atoms with E-state index in [0.717, 1.165) is 22.4 Å². The van der Waals surface area contributed by atoms with Crippen LogP contribution >= 0.6 is 0 Å². The maximum Gasteiger partial charge on any atom is 0.231 e. The fourth-order valence-corrected chi connectivity index (χ4v) is 3.20. The first-order chi connectivity index (χ1) is 13.6. The topological polar surface area (TPSA) is 85.5 Å². The monoisotopic (exact) mass is 379 g/mol. The lowest BCUT2D eigenvalue weighted by molar-refractivity contribution is -0.116. The first-order valence-corrected chi connectivity index (χ1v) is 9.01. The van der Waals surface area contributed by atoms with Gasteiger partial charge in [0.05, 0.1) is 13.3 Å². The van der Waals surface area contributed by atoms with Crippen LogP contribution in [0.1, 0.15) is 24.8 Å². The molecule has 0 bridgehead atoms. The molecule has 0 saturated heterocycles. The van der Waals surface area contributed by atoms with Crippen LogP contribution < -0.4 is 19.5 Å². The lowest BCUT2D eigenvalue weighted by Gasteiger charge is -2.13. The number of benzene rings is 2. The summed E-state index contributed by atoms with van der Waals surface area (Å²) in [6, 6.07) is 13.4. The predicted molar refractivity (Wildman–Crippen MR) is 105 cm³/mol. The van der Waals surface area contributed by atoms with E-state index in [0.29, 0.717) is 23.7 Å². The minimum Gasteiger partial charge on any atom is -0.497 e. The van der Waals surface area contributed by atoms with Gasteiger partial charge in [0.2, 0.25) is 12.7 Å². The lowest BCUT2D eigenvalue weighted by atomic mass is 9.97. The second-order valence-corrected chi connectivity index (χ2v) is 6.66. The Labute approximate surface area is 162 Å². The molecule has 0 aliphatic carbocycles. The Balaban J connectivity index is 1.46. The SMILES string of the molecule is COc1cccc(C(C)CC(=O)Nc2[nH]ncc2-c2ccc3c(c2)OCO3)c1. The summed E-state index contributed by atoms with van der Waals surface area (Å²) >= 11 is 0. The molecule has 144 valence electrons. The first kappa shape index (κ1) is 17.9. The molecule has 2 aromatic carbocycles. The zero-order valence-electron chi connectivity index (χ0n) is 15.7. The molecule has 3 aromatic rings. The number of methoxy groups -OCH3 is 1. The van der Waals surface area contributed by atoms with Gasteiger partial charge in [-0.15, -0.1) is 0 Å². The smallest absolute Gasteiger partial charge is 0.231 e. The Hall–Kier alpha value is -3.48. The van der Waals surface area contributed by atoms with Crippen molar-refractivity contribution in [2.24, 2.45) is 0 Å². The Morgan fingerprint density at radius 2 is 2.11 bits per heavy atom. The fourth-order valence-electron chi connectivity index (χ4n) is 3.20. The molecule has 1 aliphatic heterocycles. The summed E-state index contributed by atoms with van der Waals surface area (Å²) in [7, 11) is 1.63. The minimum atomic E-state index is -0.0958. The van der Waals surface area contributed by atoms with Gasteiger partial charge in [-0.25, -0.2) is 0 Å². The van der Waals surface area contributed by atoms with E-state index in [1.165, 1.54) is 0 Å². The Morgan fingerprint density at radius 3 is 2.96 bits per heavy atom. The molecule has 0 saturated carbocycles. The summed E-state index contributed by atoms with van der Waals surface area (Å²) in [5, 5.41) is 9.86. The summed E-state index contributed by atoms with van der Waals surface area (Å²) < 4.78 is 16.0. The highest BCUT2D eigenvalue weighted by Crippen LogP contribution is 2.37. The number of aromatic amines is 1. The standard InChI is InChI=1S/C21H21N3O4/c1-13(14-4-3-5-16(9-14)26-2)8-20(25)23-21-17(11-22-24-21)15-6-7-18-19(10-15)28-12-27-18/h3-7,9-11,13H,8,12H2,1-2H3,(H2,22,23,24,25). The minimum absolute atomic E-state index is 0.0482. The summed E-state index contributed by atoms with van der Waals surface area (Å²) in [6.07, 6.45) is 2.02. The highest BCUT2D eigenvalue weighted by Gasteiger charge is 2.18. The van der Waals surface area contributed by atoms with Crippen LogP contribution in [0.25, 0.3) is 11.1 Å². The van der Waals surface area contributed by atoms with Gasteiger partial charge in [0, 0.05) is 12.0 Å². The Morgan fingerprint density at radius 1 is 1.25 bits per heavy atom. The zero-order valence-corrected chi connectivity index (χ0v) is 15.7. The first-order valence-electron chi connectivity index (χ1n) is 9.01. The van der Waals surface area contributed by atoms with E-state index >= 15 is 0 Å². The van der Waals surface area contributed by atoms with Gasteiger partial charge in [-0.2, -0.15) is 5.10 Å². The number of aromatic nitrogens is 2. The summed E-state index contributed by atoms with van der Waals surface area (Å²) in [5.74, 6) is 2.69. The molecule has 1 atom stereocenters. The molecule has 1 aliphatic rings. The average molecular weight is 379 g/mol. The number of amides is 1. The van der Waals surface area contributed by atoms with Crippen LogP contribution in [0, 0.1) is 0 Å². The van der Waals surface area contributed by atoms with Crippen LogP contribution in [-0.2, 0) is 4.79 Å². The number of H-pyrrole nitrogens is 1. The summed E-state index contributed by atoms with van der Waals surface area (Å²) in [5.41, 5.74) is 2.73. The number of carbonyl (C=O) groups is 1. The van der Waals surface area contributed by atoms with Gasteiger partial charge in [0.25, 0.3) is 0 Å². The number of anilines is 1. The molecule has 7 heteroatoms. The fraction of sp³-hybridized carbons (Fsp3) is 0.238. The molecule has 0 fully saturated rings. The third kappa shape index (κ3) is 3.64. The average Bonchev–Trinajstić information content (AvgIpc) is 3.36. The lowest BCUT2D eigenvalue weighted by Crippen LogP contribution is -2.15. The quantitative estimate of drug-likeness (QED) is 0.677. The normalized spacial score (nSPS) is 13.2. The maximum absolute atomic E-state index is 12.6. The van der Waals surface area contributed by atoms with Gasteiger partial charge in [-0.05, 0) is 41.3 Å². The third-order valence-electron chi connectivity index (χ3n) is 4.74. The number of hydrogen-bond donors (Lipinski definition) is 2. The van der Waals surface area contributed by atoms with E-state index in [9.17, 15) is 4.79 Å². The molecule has 2 heterocycles. The molecule has 7 nitrogen and oxygen atoms in total. The number of hydrogen-bond acceptors (Lipinski definition) is 5. The van der Waals surface area contributed by atoms with Gasteiger partial charge >= 0.3 is 0 Å². The van der Waals surface area contributed by atoms with Crippen LogP contribution in [0.2, 0.25) is 0 Å². The van der Waals surface area contributed by atoms with Crippen molar-refractivity contribution < 1.29 is 19.0 Å². The predicted octanol–water partition coefficient (Wildman–Crippen LogP) is 3.95. The molecule has 1 amide bonds. The van der Waals surface area contributed by atoms with Gasteiger partial charge < -0.3 is 19.5 Å². The number of ether oxygens (including phenoxy) is 3. The van der Waals surface area contributed by atoms with Crippen molar-refractivity contribution in [1.82, 2.24) is 10.2 Å². The van der Waals surface area contributed by atoms with Crippen molar-refractivity contribution in [3.63, 3.8) is 0 Å². The van der Waals surface area contributed by atoms with Gasteiger partial charge in [-0.1, -0.05) is 25.1 Å². The highest BCUT2D eigenvalue weighted by atomic mass is 16.7.